The van der Waals surface area contributed by atoms with Gasteiger partial charge >= 0.3 is 0 Å². The molecule has 0 radical (unpaired) electrons. The summed E-state index contributed by atoms with van der Waals surface area (Å²) in [4.78, 5) is 0.443. The Bertz CT molecular complexity index is 584. The second-order valence-electron chi connectivity index (χ2n) is 5.92. The smallest absolute Gasteiger partial charge is 0.207 e. The van der Waals surface area contributed by atoms with Gasteiger partial charge in [0.2, 0.25) is 10.0 Å². The van der Waals surface area contributed by atoms with Crippen LogP contribution in [0.5, 0.6) is 0 Å². The maximum atomic E-state index is 12.9. The Labute approximate surface area is 134 Å². The fraction of sp³-hybridized carbons (Fsp3) is 0.600. The number of hydrogen-bond acceptors (Lipinski definition) is 2. The number of fused-ring (bicyclic) bond motifs is 1. The first kappa shape index (κ1) is 14.8. The van der Waals surface area contributed by atoms with E-state index in [4.69, 9.17) is 0 Å². The summed E-state index contributed by atoms with van der Waals surface area (Å²) in [6.07, 6.45) is 4.59. The van der Waals surface area contributed by atoms with Crippen molar-refractivity contribution in [1.82, 2.24) is 4.31 Å². The first-order chi connectivity index (χ1) is 9.50. The SMILES string of the molecule is Cc1ccc(S(=O)(=O)N2CCC3CCCC(I)C32)cc1. The minimum Gasteiger partial charge on any atom is -0.207 e. The van der Waals surface area contributed by atoms with Gasteiger partial charge in [0.1, 0.15) is 0 Å². The van der Waals surface area contributed by atoms with Crippen molar-refractivity contribution in [2.24, 2.45) is 5.92 Å². The molecule has 0 aromatic heterocycles. The number of sulfonamides is 1. The molecular weight excluding hydrogens is 385 g/mol. The molecule has 1 aromatic rings. The molecule has 0 spiro atoms. The molecule has 1 aromatic carbocycles. The van der Waals surface area contributed by atoms with Crippen molar-refractivity contribution in [3.8, 4) is 0 Å². The third kappa shape index (κ3) is 2.52. The van der Waals surface area contributed by atoms with Crippen LogP contribution in [0.15, 0.2) is 29.2 Å². The fourth-order valence-electron chi connectivity index (χ4n) is 3.51. The average molecular weight is 405 g/mol. The highest BCUT2D eigenvalue weighted by atomic mass is 127. The summed E-state index contributed by atoms with van der Waals surface area (Å²) in [7, 11) is -3.33. The van der Waals surface area contributed by atoms with Crippen LogP contribution in [-0.2, 0) is 10.0 Å². The van der Waals surface area contributed by atoms with Crippen molar-refractivity contribution in [3.05, 3.63) is 29.8 Å². The maximum Gasteiger partial charge on any atom is 0.243 e. The lowest BCUT2D eigenvalue weighted by Crippen LogP contribution is -2.45. The molecule has 0 amide bonds. The molecule has 2 fully saturated rings. The fourth-order valence-corrected chi connectivity index (χ4v) is 6.88. The van der Waals surface area contributed by atoms with E-state index >= 15 is 0 Å². The molecule has 1 heterocycles. The standard InChI is InChI=1S/C15H20INO2S/c1-11-5-7-13(8-6-11)20(18,19)17-10-9-12-3-2-4-14(16)15(12)17/h5-8,12,14-15H,2-4,9-10H2,1H3. The summed E-state index contributed by atoms with van der Waals surface area (Å²) in [5, 5.41) is 0. The summed E-state index contributed by atoms with van der Waals surface area (Å²) >= 11 is 2.45. The number of rotatable bonds is 2. The van der Waals surface area contributed by atoms with E-state index < -0.39 is 10.0 Å². The van der Waals surface area contributed by atoms with Crippen molar-refractivity contribution < 1.29 is 8.42 Å². The first-order valence-electron chi connectivity index (χ1n) is 7.23. The number of aryl methyl sites for hydroxylation is 1. The van der Waals surface area contributed by atoms with Crippen molar-refractivity contribution in [2.75, 3.05) is 6.54 Å². The Morgan fingerprint density at radius 1 is 1.15 bits per heavy atom. The van der Waals surface area contributed by atoms with Gasteiger partial charge in [-0.3, -0.25) is 0 Å². The summed E-state index contributed by atoms with van der Waals surface area (Å²) in [6.45, 7) is 2.66. The molecule has 3 unspecified atom stereocenters. The number of alkyl halides is 1. The third-order valence-electron chi connectivity index (χ3n) is 4.59. The molecule has 2 aliphatic rings. The molecule has 3 nitrogen and oxygen atoms in total. The molecular formula is C15H20INO2S. The Morgan fingerprint density at radius 2 is 1.85 bits per heavy atom. The Kier molecular flexibility index (Phi) is 4.12. The molecule has 110 valence electrons. The van der Waals surface area contributed by atoms with Gasteiger partial charge < -0.3 is 0 Å². The van der Waals surface area contributed by atoms with Gasteiger partial charge in [-0.1, -0.05) is 46.7 Å². The first-order valence-corrected chi connectivity index (χ1v) is 9.91. The average Bonchev–Trinajstić information content (AvgIpc) is 2.85. The predicted octanol–water partition coefficient (Wildman–Crippen LogP) is 3.36. The van der Waals surface area contributed by atoms with Gasteiger partial charge in [-0.25, -0.2) is 8.42 Å². The Balaban J connectivity index is 1.93. The van der Waals surface area contributed by atoms with Gasteiger partial charge in [-0.05, 0) is 44.2 Å². The predicted molar refractivity (Wildman–Crippen MR) is 88.6 cm³/mol. The maximum absolute atomic E-state index is 12.9. The van der Waals surface area contributed by atoms with Crippen LogP contribution < -0.4 is 0 Å². The van der Waals surface area contributed by atoms with E-state index in [0.717, 1.165) is 18.4 Å². The van der Waals surface area contributed by atoms with Crippen LogP contribution in [-0.4, -0.2) is 29.2 Å². The molecule has 1 aliphatic carbocycles. The topological polar surface area (TPSA) is 37.4 Å². The number of benzene rings is 1. The van der Waals surface area contributed by atoms with Crippen molar-refractivity contribution >= 4 is 32.6 Å². The highest BCUT2D eigenvalue weighted by molar-refractivity contribution is 14.1. The minimum absolute atomic E-state index is 0.204. The lowest BCUT2D eigenvalue weighted by atomic mass is 9.85. The second-order valence-corrected chi connectivity index (χ2v) is 9.41. The van der Waals surface area contributed by atoms with Crippen LogP contribution in [0.25, 0.3) is 0 Å². The van der Waals surface area contributed by atoms with E-state index in [0.29, 0.717) is 21.3 Å². The van der Waals surface area contributed by atoms with Gasteiger partial charge in [0, 0.05) is 16.5 Å². The van der Waals surface area contributed by atoms with Gasteiger partial charge in [0.05, 0.1) is 4.90 Å². The van der Waals surface area contributed by atoms with Gasteiger partial charge in [0.25, 0.3) is 0 Å². The molecule has 3 rings (SSSR count). The molecule has 0 bridgehead atoms. The minimum atomic E-state index is -3.33. The van der Waals surface area contributed by atoms with E-state index in [2.05, 4.69) is 22.6 Å². The summed E-state index contributed by atoms with van der Waals surface area (Å²) in [5.41, 5.74) is 1.09. The van der Waals surface area contributed by atoms with Crippen molar-refractivity contribution in [3.63, 3.8) is 0 Å². The van der Waals surface area contributed by atoms with E-state index in [1.54, 1.807) is 16.4 Å². The molecule has 20 heavy (non-hydrogen) atoms. The van der Waals surface area contributed by atoms with E-state index in [9.17, 15) is 8.42 Å². The van der Waals surface area contributed by atoms with Crippen LogP contribution in [0.3, 0.4) is 0 Å². The Morgan fingerprint density at radius 3 is 2.55 bits per heavy atom. The molecule has 1 saturated heterocycles. The van der Waals surface area contributed by atoms with Gasteiger partial charge in [0.15, 0.2) is 0 Å². The second kappa shape index (κ2) is 5.57. The Hall–Kier alpha value is -0.140. The van der Waals surface area contributed by atoms with E-state index in [-0.39, 0.29) is 6.04 Å². The lowest BCUT2D eigenvalue weighted by Gasteiger charge is -2.35. The number of hydrogen-bond donors (Lipinski definition) is 0. The zero-order valence-electron chi connectivity index (χ0n) is 11.6. The van der Waals surface area contributed by atoms with Crippen LogP contribution >= 0.6 is 22.6 Å². The van der Waals surface area contributed by atoms with E-state index in [1.807, 2.05) is 19.1 Å². The largest absolute Gasteiger partial charge is 0.243 e. The monoisotopic (exact) mass is 405 g/mol. The number of halogens is 1. The van der Waals surface area contributed by atoms with Crippen molar-refractivity contribution in [2.45, 2.75) is 47.5 Å². The molecule has 1 saturated carbocycles. The van der Waals surface area contributed by atoms with Gasteiger partial charge in [-0.2, -0.15) is 4.31 Å². The zero-order chi connectivity index (χ0) is 14.3. The van der Waals surface area contributed by atoms with Crippen molar-refractivity contribution in [1.29, 1.82) is 0 Å². The normalized spacial score (nSPS) is 31.2. The number of nitrogens with zero attached hydrogens (tertiary/aromatic N) is 1. The van der Waals surface area contributed by atoms with E-state index in [1.165, 1.54) is 12.8 Å². The zero-order valence-corrected chi connectivity index (χ0v) is 14.6. The summed E-state index contributed by atoms with van der Waals surface area (Å²) in [5.74, 6) is 0.561. The van der Waals surface area contributed by atoms with Gasteiger partial charge in [-0.15, -0.1) is 0 Å². The quantitative estimate of drug-likeness (QED) is 0.559. The van der Waals surface area contributed by atoms with Crippen LogP contribution in [0.1, 0.15) is 31.2 Å². The summed E-state index contributed by atoms with van der Waals surface area (Å²) in [6, 6.07) is 7.44. The third-order valence-corrected chi connectivity index (χ3v) is 7.86. The lowest BCUT2D eigenvalue weighted by molar-refractivity contribution is 0.276. The van der Waals surface area contributed by atoms with Crippen LogP contribution in [0, 0.1) is 12.8 Å². The molecule has 1 aliphatic heterocycles. The summed E-state index contributed by atoms with van der Waals surface area (Å²) < 4.78 is 28.0. The van der Waals surface area contributed by atoms with Crippen LogP contribution in [0.4, 0.5) is 0 Å². The molecule has 0 N–H and O–H groups in total. The van der Waals surface area contributed by atoms with Crippen LogP contribution in [0.2, 0.25) is 0 Å². The highest BCUT2D eigenvalue weighted by Crippen LogP contribution is 2.42. The molecule has 5 heteroatoms. The molecule has 3 atom stereocenters. The highest BCUT2D eigenvalue weighted by Gasteiger charge is 2.46.